The van der Waals surface area contributed by atoms with Crippen molar-refractivity contribution in [2.75, 3.05) is 6.54 Å². The van der Waals surface area contributed by atoms with Crippen LogP contribution in [0.15, 0.2) is 22.8 Å². The first kappa shape index (κ1) is 11.1. The van der Waals surface area contributed by atoms with Crippen LogP contribution in [0.4, 0.5) is 0 Å². The molecular formula is C12H17BrN2. The van der Waals surface area contributed by atoms with Crippen LogP contribution in [0.2, 0.25) is 0 Å². The molecule has 1 aliphatic carbocycles. The van der Waals surface area contributed by atoms with Gasteiger partial charge in [-0.25, -0.2) is 0 Å². The highest BCUT2D eigenvalue weighted by molar-refractivity contribution is 9.10. The fourth-order valence-electron chi connectivity index (χ4n) is 1.83. The van der Waals surface area contributed by atoms with Gasteiger partial charge in [-0.1, -0.05) is 6.92 Å². The highest BCUT2D eigenvalue weighted by atomic mass is 79.9. The standard InChI is InChI=1S/C12H17BrN2/c1-2-7-15(12-5-6-12)9-11-4-3-10(13)8-14-11/h3-4,8,12H,2,5-7,9H2,1H3. The van der Waals surface area contributed by atoms with Crippen molar-refractivity contribution in [3.8, 4) is 0 Å². The molecule has 1 aromatic rings. The summed E-state index contributed by atoms with van der Waals surface area (Å²) in [6.07, 6.45) is 5.85. The van der Waals surface area contributed by atoms with Gasteiger partial charge in [-0.2, -0.15) is 0 Å². The van der Waals surface area contributed by atoms with E-state index in [1.807, 2.05) is 6.20 Å². The zero-order chi connectivity index (χ0) is 10.7. The summed E-state index contributed by atoms with van der Waals surface area (Å²) in [5.74, 6) is 0. The van der Waals surface area contributed by atoms with Gasteiger partial charge >= 0.3 is 0 Å². The van der Waals surface area contributed by atoms with E-state index in [4.69, 9.17) is 0 Å². The van der Waals surface area contributed by atoms with E-state index in [-0.39, 0.29) is 0 Å². The number of hydrogen-bond acceptors (Lipinski definition) is 2. The van der Waals surface area contributed by atoms with Crippen molar-refractivity contribution < 1.29 is 0 Å². The van der Waals surface area contributed by atoms with E-state index in [2.05, 4.69) is 44.9 Å². The molecule has 0 N–H and O–H groups in total. The molecule has 0 saturated heterocycles. The fraction of sp³-hybridized carbons (Fsp3) is 0.583. The van der Waals surface area contributed by atoms with Crippen molar-refractivity contribution in [3.63, 3.8) is 0 Å². The molecule has 1 saturated carbocycles. The Labute approximate surface area is 99.8 Å². The van der Waals surface area contributed by atoms with Crippen molar-refractivity contribution in [1.82, 2.24) is 9.88 Å². The molecule has 1 aromatic heterocycles. The van der Waals surface area contributed by atoms with Gasteiger partial charge in [0.05, 0.1) is 5.69 Å². The molecular weight excluding hydrogens is 252 g/mol. The van der Waals surface area contributed by atoms with Gasteiger partial charge < -0.3 is 0 Å². The van der Waals surface area contributed by atoms with Gasteiger partial charge in [-0.3, -0.25) is 9.88 Å². The van der Waals surface area contributed by atoms with E-state index in [1.165, 1.54) is 31.5 Å². The van der Waals surface area contributed by atoms with Crippen LogP contribution in [0.3, 0.4) is 0 Å². The summed E-state index contributed by atoms with van der Waals surface area (Å²) in [6.45, 7) is 4.44. The predicted octanol–water partition coefficient (Wildman–Crippen LogP) is 3.22. The molecule has 0 unspecified atom stereocenters. The maximum absolute atomic E-state index is 4.42. The van der Waals surface area contributed by atoms with Crippen LogP contribution in [0.25, 0.3) is 0 Å². The van der Waals surface area contributed by atoms with Gasteiger partial charge in [0.25, 0.3) is 0 Å². The number of halogens is 1. The minimum absolute atomic E-state index is 0.829. The molecule has 2 rings (SSSR count). The smallest absolute Gasteiger partial charge is 0.0544 e. The quantitative estimate of drug-likeness (QED) is 0.816. The fourth-order valence-corrected chi connectivity index (χ4v) is 2.06. The number of aromatic nitrogens is 1. The molecule has 1 aliphatic rings. The Hall–Kier alpha value is -0.410. The van der Waals surface area contributed by atoms with E-state index in [1.54, 1.807) is 0 Å². The molecule has 0 spiro atoms. The zero-order valence-electron chi connectivity index (χ0n) is 9.12. The van der Waals surface area contributed by atoms with Crippen molar-refractivity contribution in [2.24, 2.45) is 0 Å². The Balaban J connectivity index is 1.95. The topological polar surface area (TPSA) is 16.1 Å². The van der Waals surface area contributed by atoms with Crippen molar-refractivity contribution >= 4 is 15.9 Å². The average Bonchev–Trinajstić information content (AvgIpc) is 3.04. The van der Waals surface area contributed by atoms with E-state index in [0.717, 1.165) is 17.1 Å². The van der Waals surface area contributed by atoms with Gasteiger partial charge in [-0.15, -0.1) is 0 Å². The first-order valence-corrected chi connectivity index (χ1v) is 6.43. The average molecular weight is 269 g/mol. The van der Waals surface area contributed by atoms with Gasteiger partial charge in [0.1, 0.15) is 0 Å². The number of nitrogens with zero attached hydrogens (tertiary/aromatic N) is 2. The second kappa shape index (κ2) is 5.08. The Morgan fingerprint density at radius 1 is 1.47 bits per heavy atom. The molecule has 15 heavy (non-hydrogen) atoms. The molecule has 0 radical (unpaired) electrons. The third-order valence-electron chi connectivity index (χ3n) is 2.73. The zero-order valence-corrected chi connectivity index (χ0v) is 10.7. The van der Waals surface area contributed by atoms with Crippen LogP contribution >= 0.6 is 15.9 Å². The summed E-state index contributed by atoms with van der Waals surface area (Å²) in [7, 11) is 0. The van der Waals surface area contributed by atoms with E-state index < -0.39 is 0 Å². The summed E-state index contributed by atoms with van der Waals surface area (Å²) >= 11 is 3.41. The number of hydrogen-bond donors (Lipinski definition) is 0. The first-order chi connectivity index (χ1) is 7.29. The SMILES string of the molecule is CCCN(Cc1ccc(Br)cn1)C1CC1. The van der Waals surface area contributed by atoms with Crippen LogP contribution < -0.4 is 0 Å². The summed E-state index contributed by atoms with van der Waals surface area (Å²) in [6, 6.07) is 5.00. The van der Waals surface area contributed by atoms with Crippen LogP contribution in [0.1, 0.15) is 31.9 Å². The third-order valence-corrected chi connectivity index (χ3v) is 3.20. The van der Waals surface area contributed by atoms with Crippen molar-refractivity contribution in [2.45, 2.75) is 38.8 Å². The lowest BCUT2D eigenvalue weighted by atomic mass is 10.3. The third kappa shape index (κ3) is 3.28. The normalized spacial score (nSPS) is 15.9. The molecule has 0 aromatic carbocycles. The summed E-state index contributed by atoms with van der Waals surface area (Å²) < 4.78 is 1.06. The number of pyridine rings is 1. The number of rotatable bonds is 5. The van der Waals surface area contributed by atoms with Crippen LogP contribution in [0.5, 0.6) is 0 Å². The maximum atomic E-state index is 4.42. The van der Waals surface area contributed by atoms with Crippen molar-refractivity contribution in [3.05, 3.63) is 28.5 Å². The molecule has 0 atom stereocenters. The minimum atomic E-state index is 0.829. The van der Waals surface area contributed by atoms with Gasteiger partial charge in [0.2, 0.25) is 0 Å². The molecule has 1 heterocycles. The van der Waals surface area contributed by atoms with E-state index >= 15 is 0 Å². The van der Waals surface area contributed by atoms with Gasteiger partial charge in [-0.05, 0) is 53.9 Å². The predicted molar refractivity (Wildman–Crippen MR) is 65.7 cm³/mol. The second-order valence-corrected chi connectivity index (χ2v) is 5.09. The minimum Gasteiger partial charge on any atom is -0.295 e. The first-order valence-electron chi connectivity index (χ1n) is 5.64. The monoisotopic (exact) mass is 268 g/mol. The lowest BCUT2D eigenvalue weighted by Crippen LogP contribution is -2.26. The van der Waals surface area contributed by atoms with Crippen molar-refractivity contribution in [1.29, 1.82) is 0 Å². The van der Waals surface area contributed by atoms with Gasteiger partial charge in [0.15, 0.2) is 0 Å². The van der Waals surface area contributed by atoms with Crippen LogP contribution in [-0.4, -0.2) is 22.5 Å². The Morgan fingerprint density at radius 2 is 2.27 bits per heavy atom. The van der Waals surface area contributed by atoms with Crippen LogP contribution in [-0.2, 0) is 6.54 Å². The summed E-state index contributed by atoms with van der Waals surface area (Å²) in [4.78, 5) is 6.97. The molecule has 2 nitrogen and oxygen atoms in total. The second-order valence-electron chi connectivity index (χ2n) is 4.17. The lowest BCUT2D eigenvalue weighted by Gasteiger charge is -2.20. The molecule has 0 aliphatic heterocycles. The Morgan fingerprint density at radius 3 is 2.80 bits per heavy atom. The molecule has 82 valence electrons. The Bertz CT molecular complexity index is 306. The van der Waals surface area contributed by atoms with Crippen LogP contribution in [0, 0.1) is 0 Å². The summed E-state index contributed by atoms with van der Waals surface area (Å²) in [5, 5.41) is 0. The van der Waals surface area contributed by atoms with E-state index in [9.17, 15) is 0 Å². The maximum Gasteiger partial charge on any atom is 0.0544 e. The highest BCUT2D eigenvalue weighted by Gasteiger charge is 2.28. The van der Waals surface area contributed by atoms with Gasteiger partial charge in [0, 0.05) is 23.3 Å². The highest BCUT2D eigenvalue weighted by Crippen LogP contribution is 2.28. The lowest BCUT2D eigenvalue weighted by molar-refractivity contribution is 0.252. The molecule has 0 amide bonds. The molecule has 3 heteroatoms. The largest absolute Gasteiger partial charge is 0.295 e. The molecule has 0 bridgehead atoms. The Kier molecular flexibility index (Phi) is 3.76. The summed E-state index contributed by atoms with van der Waals surface area (Å²) in [5.41, 5.74) is 1.18. The van der Waals surface area contributed by atoms with E-state index in [0.29, 0.717) is 0 Å². The molecule has 1 fully saturated rings.